The van der Waals surface area contributed by atoms with Crippen LogP contribution in [0.5, 0.6) is 0 Å². The fourth-order valence-corrected chi connectivity index (χ4v) is 2.54. The molecule has 104 valence electrons. The summed E-state index contributed by atoms with van der Waals surface area (Å²) >= 11 is 0. The second-order valence-electron chi connectivity index (χ2n) is 5.28. The molecule has 0 bridgehead atoms. The third-order valence-electron chi connectivity index (χ3n) is 3.74. The average molecular weight is 273 g/mol. The molecule has 0 aliphatic carbocycles. The lowest BCUT2D eigenvalue weighted by Gasteiger charge is -2.13. The topological polar surface area (TPSA) is 26.0 Å². The molecule has 1 unspecified atom stereocenters. The Morgan fingerprint density at radius 3 is 1.76 bits per heavy atom. The molecule has 1 heteroatoms. The van der Waals surface area contributed by atoms with Gasteiger partial charge in [-0.25, -0.2) is 0 Å². The predicted molar refractivity (Wildman–Crippen MR) is 89.0 cm³/mol. The molecule has 2 N–H and O–H groups in total. The Morgan fingerprint density at radius 1 is 0.619 bits per heavy atom. The minimum atomic E-state index is 0.0391. The van der Waals surface area contributed by atoms with Crippen LogP contribution in [-0.4, -0.2) is 0 Å². The van der Waals surface area contributed by atoms with E-state index in [1.807, 2.05) is 12.1 Å². The van der Waals surface area contributed by atoms with Crippen LogP contribution in [-0.2, 0) is 6.42 Å². The van der Waals surface area contributed by atoms with Gasteiger partial charge in [0.05, 0.1) is 0 Å². The molecular weight excluding hydrogens is 254 g/mol. The summed E-state index contributed by atoms with van der Waals surface area (Å²) < 4.78 is 0. The lowest BCUT2D eigenvalue weighted by molar-refractivity contribution is 0.722. The molecule has 0 saturated carbocycles. The minimum Gasteiger partial charge on any atom is -0.324 e. The quantitative estimate of drug-likeness (QED) is 0.739. The maximum absolute atomic E-state index is 6.32. The second-order valence-corrected chi connectivity index (χ2v) is 5.28. The Labute approximate surface area is 126 Å². The first-order valence-corrected chi connectivity index (χ1v) is 7.28. The maximum Gasteiger partial charge on any atom is 0.0335 e. The van der Waals surface area contributed by atoms with Gasteiger partial charge in [0.25, 0.3) is 0 Å². The van der Waals surface area contributed by atoms with Gasteiger partial charge in [0.15, 0.2) is 0 Å². The third-order valence-corrected chi connectivity index (χ3v) is 3.74. The highest BCUT2D eigenvalue weighted by atomic mass is 14.6. The average Bonchev–Trinajstić information content (AvgIpc) is 2.57. The van der Waals surface area contributed by atoms with Crippen molar-refractivity contribution in [3.05, 3.63) is 96.1 Å². The summed E-state index contributed by atoms with van der Waals surface area (Å²) in [5, 5.41) is 0. The Bertz CT molecular complexity index is 672. The molecule has 21 heavy (non-hydrogen) atoms. The molecule has 1 nitrogen and oxygen atoms in total. The number of hydrogen-bond acceptors (Lipinski definition) is 1. The van der Waals surface area contributed by atoms with Crippen LogP contribution in [0.3, 0.4) is 0 Å². The lowest BCUT2D eigenvalue weighted by atomic mass is 9.97. The van der Waals surface area contributed by atoms with E-state index in [0.717, 1.165) is 6.42 Å². The van der Waals surface area contributed by atoms with E-state index in [-0.39, 0.29) is 6.04 Å². The van der Waals surface area contributed by atoms with Crippen LogP contribution >= 0.6 is 0 Å². The molecule has 3 rings (SSSR count). The number of rotatable bonds is 4. The van der Waals surface area contributed by atoms with Gasteiger partial charge in [0, 0.05) is 6.04 Å². The van der Waals surface area contributed by atoms with Crippen LogP contribution in [0.1, 0.15) is 17.2 Å². The Morgan fingerprint density at radius 2 is 1.14 bits per heavy atom. The molecule has 0 radical (unpaired) electrons. The van der Waals surface area contributed by atoms with Crippen molar-refractivity contribution in [3.8, 4) is 11.1 Å². The minimum absolute atomic E-state index is 0.0391. The molecule has 0 spiro atoms. The maximum atomic E-state index is 6.32. The fraction of sp³-hybridized carbons (Fsp3) is 0.100. The van der Waals surface area contributed by atoms with Crippen molar-refractivity contribution in [2.75, 3.05) is 0 Å². The highest BCUT2D eigenvalue weighted by molar-refractivity contribution is 5.63. The van der Waals surface area contributed by atoms with E-state index in [4.69, 9.17) is 5.73 Å². The van der Waals surface area contributed by atoms with Gasteiger partial charge in [0.2, 0.25) is 0 Å². The first-order valence-electron chi connectivity index (χ1n) is 7.28. The lowest BCUT2D eigenvalue weighted by Crippen LogP contribution is -2.13. The number of nitrogens with two attached hydrogens (primary N) is 1. The molecule has 1 atom stereocenters. The largest absolute Gasteiger partial charge is 0.324 e. The standard InChI is InChI=1S/C20H19N/c21-20(15-16-7-3-1-4-8-16)19-13-11-18(12-14-19)17-9-5-2-6-10-17/h1-14,20H,15,21H2. The molecule has 0 aromatic heterocycles. The Balaban J connectivity index is 1.75. The highest BCUT2D eigenvalue weighted by Gasteiger charge is 2.07. The first-order chi connectivity index (χ1) is 10.3. The van der Waals surface area contributed by atoms with Crippen LogP contribution in [0.15, 0.2) is 84.9 Å². The molecule has 0 saturated heterocycles. The zero-order valence-corrected chi connectivity index (χ0v) is 11.9. The molecule has 0 aliphatic heterocycles. The van der Waals surface area contributed by atoms with Gasteiger partial charge in [-0.2, -0.15) is 0 Å². The predicted octanol–water partition coefficient (Wildman–Crippen LogP) is 4.60. The molecule has 0 heterocycles. The Kier molecular flexibility index (Phi) is 4.13. The summed E-state index contributed by atoms with van der Waals surface area (Å²) in [6.45, 7) is 0. The summed E-state index contributed by atoms with van der Waals surface area (Å²) in [5.41, 5.74) is 11.2. The summed E-state index contributed by atoms with van der Waals surface area (Å²) in [4.78, 5) is 0. The van der Waals surface area contributed by atoms with Gasteiger partial charge in [-0.3, -0.25) is 0 Å². The van der Waals surface area contributed by atoms with Gasteiger partial charge >= 0.3 is 0 Å². The fourth-order valence-electron chi connectivity index (χ4n) is 2.54. The van der Waals surface area contributed by atoms with Crippen molar-refractivity contribution in [2.45, 2.75) is 12.5 Å². The molecular formula is C20H19N. The zero-order chi connectivity index (χ0) is 14.5. The van der Waals surface area contributed by atoms with E-state index in [2.05, 4.69) is 72.8 Å². The molecule has 0 fully saturated rings. The van der Waals surface area contributed by atoms with Crippen molar-refractivity contribution < 1.29 is 0 Å². The van der Waals surface area contributed by atoms with Gasteiger partial charge < -0.3 is 5.73 Å². The zero-order valence-electron chi connectivity index (χ0n) is 11.9. The number of benzene rings is 3. The van der Waals surface area contributed by atoms with E-state index < -0.39 is 0 Å². The van der Waals surface area contributed by atoms with Crippen LogP contribution in [0.2, 0.25) is 0 Å². The van der Waals surface area contributed by atoms with E-state index in [9.17, 15) is 0 Å². The van der Waals surface area contributed by atoms with Gasteiger partial charge in [0.1, 0.15) is 0 Å². The number of hydrogen-bond donors (Lipinski definition) is 1. The van der Waals surface area contributed by atoms with Gasteiger partial charge in [-0.05, 0) is 28.7 Å². The van der Waals surface area contributed by atoms with Crippen molar-refractivity contribution in [1.82, 2.24) is 0 Å². The highest BCUT2D eigenvalue weighted by Crippen LogP contribution is 2.22. The van der Waals surface area contributed by atoms with Crippen molar-refractivity contribution >= 4 is 0 Å². The van der Waals surface area contributed by atoms with Crippen molar-refractivity contribution in [1.29, 1.82) is 0 Å². The SMILES string of the molecule is NC(Cc1ccccc1)c1ccc(-c2ccccc2)cc1. The summed E-state index contributed by atoms with van der Waals surface area (Å²) in [7, 11) is 0. The van der Waals surface area contributed by atoms with Crippen molar-refractivity contribution in [3.63, 3.8) is 0 Å². The summed E-state index contributed by atoms with van der Waals surface area (Å²) in [5.74, 6) is 0. The smallest absolute Gasteiger partial charge is 0.0335 e. The van der Waals surface area contributed by atoms with Crippen LogP contribution in [0.25, 0.3) is 11.1 Å². The molecule has 0 amide bonds. The molecule has 3 aromatic carbocycles. The molecule has 0 aliphatic rings. The normalized spacial score (nSPS) is 12.0. The van der Waals surface area contributed by atoms with E-state index in [0.29, 0.717) is 0 Å². The summed E-state index contributed by atoms with van der Waals surface area (Å²) in [6.07, 6.45) is 0.867. The monoisotopic (exact) mass is 273 g/mol. The van der Waals surface area contributed by atoms with E-state index >= 15 is 0 Å². The first kappa shape index (κ1) is 13.6. The second kappa shape index (κ2) is 6.38. The van der Waals surface area contributed by atoms with Crippen LogP contribution < -0.4 is 5.73 Å². The van der Waals surface area contributed by atoms with Crippen LogP contribution in [0, 0.1) is 0 Å². The summed E-state index contributed by atoms with van der Waals surface area (Å²) in [6, 6.07) is 29.4. The van der Waals surface area contributed by atoms with E-state index in [1.165, 1.54) is 22.3 Å². The Hall–Kier alpha value is -2.38. The third kappa shape index (κ3) is 3.39. The van der Waals surface area contributed by atoms with E-state index in [1.54, 1.807) is 0 Å². The van der Waals surface area contributed by atoms with Gasteiger partial charge in [-0.15, -0.1) is 0 Å². The molecule has 3 aromatic rings. The van der Waals surface area contributed by atoms with Crippen LogP contribution in [0.4, 0.5) is 0 Å². The van der Waals surface area contributed by atoms with Gasteiger partial charge in [-0.1, -0.05) is 84.9 Å². The van der Waals surface area contributed by atoms with Crippen molar-refractivity contribution in [2.24, 2.45) is 5.73 Å².